The highest BCUT2D eigenvalue weighted by atomic mass is 31.2. The zero-order valence-electron chi connectivity index (χ0n) is 18.2. The lowest BCUT2D eigenvalue weighted by Gasteiger charge is -2.18. The van der Waals surface area contributed by atoms with E-state index in [4.69, 9.17) is 28.7 Å². The number of aryl methyl sites for hydroxylation is 1. The molecule has 33 heavy (non-hydrogen) atoms. The molecule has 3 aromatic heterocycles. The Hall–Kier alpha value is -3.40. The van der Waals surface area contributed by atoms with Crippen molar-refractivity contribution in [3.63, 3.8) is 0 Å². The van der Waals surface area contributed by atoms with Gasteiger partial charge in [-0.15, -0.1) is 0 Å². The SMILES string of the molecule is COc1nc(N)nc2c1ncn2CCOCP(=O)(OCc1ccccc1)Oc1ccc(C)o1. The Bertz CT molecular complexity index is 1260. The van der Waals surface area contributed by atoms with Crippen LogP contribution in [0.15, 0.2) is 53.2 Å². The highest BCUT2D eigenvalue weighted by Crippen LogP contribution is 2.49. The zero-order chi connectivity index (χ0) is 23.3. The third kappa shape index (κ3) is 5.70. The number of nitrogens with two attached hydrogens (primary N) is 1. The van der Waals surface area contributed by atoms with E-state index in [9.17, 15) is 4.57 Å². The highest BCUT2D eigenvalue weighted by Gasteiger charge is 2.28. The molecule has 174 valence electrons. The zero-order valence-corrected chi connectivity index (χ0v) is 19.1. The lowest BCUT2D eigenvalue weighted by Crippen LogP contribution is -2.10. The molecule has 4 aromatic rings. The van der Waals surface area contributed by atoms with Gasteiger partial charge in [-0.05, 0) is 18.6 Å². The molecule has 0 aliphatic carbocycles. The number of anilines is 1. The molecule has 12 heteroatoms. The Kier molecular flexibility index (Phi) is 6.93. The topological polar surface area (TPSA) is 137 Å². The second-order valence-electron chi connectivity index (χ2n) is 7.06. The van der Waals surface area contributed by atoms with Gasteiger partial charge in [-0.25, -0.2) is 9.55 Å². The maximum Gasteiger partial charge on any atom is 0.407 e. The van der Waals surface area contributed by atoms with Crippen LogP contribution < -0.4 is 15.0 Å². The van der Waals surface area contributed by atoms with Crippen LogP contribution in [-0.4, -0.2) is 39.6 Å². The molecule has 0 amide bonds. The first-order chi connectivity index (χ1) is 16.0. The van der Waals surface area contributed by atoms with E-state index in [0.717, 1.165) is 5.56 Å². The van der Waals surface area contributed by atoms with Crippen LogP contribution in [0, 0.1) is 6.92 Å². The predicted molar refractivity (Wildman–Crippen MR) is 120 cm³/mol. The van der Waals surface area contributed by atoms with Gasteiger partial charge >= 0.3 is 7.60 Å². The molecule has 1 unspecified atom stereocenters. The van der Waals surface area contributed by atoms with E-state index in [1.165, 1.54) is 7.11 Å². The second-order valence-corrected chi connectivity index (χ2v) is 8.99. The largest absolute Gasteiger partial charge is 0.479 e. The summed E-state index contributed by atoms with van der Waals surface area (Å²) < 4.78 is 42.6. The van der Waals surface area contributed by atoms with Crippen molar-refractivity contribution in [3.05, 3.63) is 60.1 Å². The number of rotatable bonds is 11. The Morgan fingerprint density at radius 3 is 2.70 bits per heavy atom. The Morgan fingerprint density at radius 2 is 1.97 bits per heavy atom. The van der Waals surface area contributed by atoms with Gasteiger partial charge in [0, 0.05) is 12.6 Å². The third-order valence-electron chi connectivity index (χ3n) is 4.58. The summed E-state index contributed by atoms with van der Waals surface area (Å²) >= 11 is 0. The predicted octanol–water partition coefficient (Wildman–Crippen LogP) is 3.78. The van der Waals surface area contributed by atoms with Gasteiger partial charge in [0.1, 0.15) is 5.76 Å². The number of benzene rings is 1. The number of furan rings is 1. The van der Waals surface area contributed by atoms with Gasteiger partial charge in [0.15, 0.2) is 17.5 Å². The van der Waals surface area contributed by atoms with Crippen LogP contribution in [0.25, 0.3) is 11.2 Å². The second kappa shape index (κ2) is 10.0. The fraction of sp³-hybridized carbons (Fsp3) is 0.286. The van der Waals surface area contributed by atoms with Crippen molar-refractivity contribution in [1.29, 1.82) is 0 Å². The van der Waals surface area contributed by atoms with E-state index in [1.807, 2.05) is 30.3 Å². The quantitative estimate of drug-likeness (QED) is 0.253. The normalized spacial score (nSPS) is 13.2. The lowest BCUT2D eigenvalue weighted by atomic mass is 10.2. The number of hydrogen-bond donors (Lipinski definition) is 1. The first kappa shape index (κ1) is 22.8. The number of aromatic nitrogens is 4. The summed E-state index contributed by atoms with van der Waals surface area (Å²) in [5.74, 6) is 1.10. The molecular formula is C21H24N5O6P. The average Bonchev–Trinajstić information content (AvgIpc) is 3.41. The van der Waals surface area contributed by atoms with E-state index in [1.54, 1.807) is 30.0 Å². The minimum atomic E-state index is -3.67. The van der Waals surface area contributed by atoms with E-state index in [0.29, 0.717) is 23.5 Å². The fourth-order valence-corrected chi connectivity index (χ4v) is 4.27. The third-order valence-corrected chi connectivity index (χ3v) is 6.06. The first-order valence-corrected chi connectivity index (χ1v) is 11.8. The number of hydrogen-bond acceptors (Lipinski definition) is 10. The van der Waals surface area contributed by atoms with Gasteiger partial charge in [0.25, 0.3) is 5.95 Å². The van der Waals surface area contributed by atoms with Crippen molar-refractivity contribution < 1.29 is 27.5 Å². The Balaban J connectivity index is 1.40. The number of ether oxygens (including phenoxy) is 2. The first-order valence-electron chi connectivity index (χ1n) is 10.1. The summed E-state index contributed by atoms with van der Waals surface area (Å²) in [6, 6.07) is 12.7. The van der Waals surface area contributed by atoms with Crippen molar-refractivity contribution in [1.82, 2.24) is 19.5 Å². The molecule has 0 radical (unpaired) electrons. The molecule has 3 heterocycles. The summed E-state index contributed by atoms with van der Waals surface area (Å²) in [7, 11) is -2.19. The summed E-state index contributed by atoms with van der Waals surface area (Å²) in [5, 5.41) is 0. The standard InChI is InChI=1S/C21H24N5O6P/c1-15-8-9-17(31-15)32-33(27,30-12-16-6-4-3-5-7-16)14-29-11-10-26-13-23-18-19(26)24-21(22)25-20(18)28-2/h3-9,13H,10-12,14H2,1-2H3,(H2,22,24,25). The van der Waals surface area contributed by atoms with Crippen LogP contribution in [0.5, 0.6) is 11.8 Å². The number of nitrogens with zero attached hydrogens (tertiary/aromatic N) is 4. The molecule has 11 nitrogen and oxygen atoms in total. The summed E-state index contributed by atoms with van der Waals surface area (Å²) in [4.78, 5) is 12.5. The monoisotopic (exact) mass is 473 g/mol. The molecule has 2 N–H and O–H groups in total. The van der Waals surface area contributed by atoms with Crippen molar-refractivity contribution in [2.75, 3.05) is 25.8 Å². The van der Waals surface area contributed by atoms with E-state index in [-0.39, 0.29) is 37.3 Å². The van der Waals surface area contributed by atoms with Crippen LogP contribution in [-0.2, 0) is 27.0 Å². The smallest absolute Gasteiger partial charge is 0.407 e. The van der Waals surface area contributed by atoms with Gasteiger partial charge in [-0.3, -0.25) is 4.52 Å². The molecule has 0 bridgehead atoms. The molecule has 0 aliphatic rings. The van der Waals surface area contributed by atoms with Crippen LogP contribution >= 0.6 is 7.60 Å². The maximum atomic E-state index is 13.4. The number of nitrogen functional groups attached to an aromatic ring is 1. The molecule has 0 aliphatic heterocycles. The summed E-state index contributed by atoms with van der Waals surface area (Å²) in [5.41, 5.74) is 7.59. The Labute approximate surface area is 190 Å². The van der Waals surface area contributed by atoms with Crippen molar-refractivity contribution in [2.24, 2.45) is 0 Å². The minimum Gasteiger partial charge on any atom is -0.479 e. The fourth-order valence-electron chi connectivity index (χ4n) is 3.01. The van der Waals surface area contributed by atoms with Gasteiger partial charge in [-0.1, -0.05) is 30.3 Å². The van der Waals surface area contributed by atoms with E-state index in [2.05, 4.69) is 15.0 Å². The highest BCUT2D eigenvalue weighted by molar-refractivity contribution is 7.54. The Morgan fingerprint density at radius 1 is 1.15 bits per heavy atom. The van der Waals surface area contributed by atoms with Crippen LogP contribution in [0.2, 0.25) is 0 Å². The summed E-state index contributed by atoms with van der Waals surface area (Å²) in [6.45, 7) is 2.43. The molecule has 4 rings (SSSR count). The molecule has 0 saturated carbocycles. The van der Waals surface area contributed by atoms with Crippen LogP contribution in [0.4, 0.5) is 5.95 Å². The van der Waals surface area contributed by atoms with E-state index < -0.39 is 7.60 Å². The van der Waals surface area contributed by atoms with Crippen LogP contribution in [0.3, 0.4) is 0 Å². The van der Waals surface area contributed by atoms with Gasteiger partial charge in [-0.2, -0.15) is 9.97 Å². The van der Waals surface area contributed by atoms with Crippen molar-refractivity contribution in [2.45, 2.75) is 20.1 Å². The average molecular weight is 473 g/mol. The van der Waals surface area contributed by atoms with Gasteiger partial charge in [0.2, 0.25) is 11.8 Å². The molecule has 0 spiro atoms. The number of methoxy groups -OCH3 is 1. The van der Waals surface area contributed by atoms with Gasteiger partial charge in [0.05, 0.1) is 26.7 Å². The molecule has 0 saturated heterocycles. The van der Waals surface area contributed by atoms with Crippen molar-refractivity contribution in [3.8, 4) is 11.8 Å². The molecular weight excluding hydrogens is 449 g/mol. The van der Waals surface area contributed by atoms with Crippen molar-refractivity contribution >= 4 is 24.7 Å². The number of fused-ring (bicyclic) bond motifs is 1. The maximum absolute atomic E-state index is 13.4. The molecule has 1 aromatic carbocycles. The molecule has 0 fully saturated rings. The van der Waals surface area contributed by atoms with Crippen LogP contribution in [0.1, 0.15) is 11.3 Å². The molecule has 1 atom stereocenters. The lowest BCUT2D eigenvalue weighted by molar-refractivity contribution is 0.134. The van der Waals surface area contributed by atoms with Gasteiger partial charge < -0.3 is 28.7 Å². The number of imidazole rings is 1. The van der Waals surface area contributed by atoms with E-state index >= 15 is 0 Å². The minimum absolute atomic E-state index is 0.0722. The summed E-state index contributed by atoms with van der Waals surface area (Å²) in [6.07, 6.45) is 1.31.